The van der Waals surface area contributed by atoms with E-state index in [1.54, 1.807) is 26.2 Å². The molecule has 1 aliphatic heterocycles. The van der Waals surface area contributed by atoms with Gasteiger partial charge in [-0.2, -0.15) is 0 Å². The van der Waals surface area contributed by atoms with Crippen molar-refractivity contribution >= 4 is 5.91 Å². The Bertz CT molecular complexity index is 453. The Hall–Kier alpha value is -1.58. The number of hydrogen-bond donors (Lipinski definition) is 0. The average Bonchev–Trinajstić information content (AvgIpc) is 2.42. The second-order valence-electron chi connectivity index (χ2n) is 5.11. The third kappa shape index (κ3) is 3.46. The first kappa shape index (κ1) is 13.8. The number of rotatable bonds is 3. The smallest absolute Gasteiger partial charge is 0.219 e. The van der Waals surface area contributed by atoms with Crippen molar-refractivity contribution in [1.82, 2.24) is 4.90 Å². The van der Waals surface area contributed by atoms with Gasteiger partial charge in [0.15, 0.2) is 0 Å². The number of carbonyl (C=O) groups is 1. The monoisotopic (exact) mass is 265 g/mol. The van der Waals surface area contributed by atoms with E-state index in [0.29, 0.717) is 17.2 Å². The zero-order chi connectivity index (χ0) is 13.8. The molecule has 2 rings (SSSR count). The normalized spacial score (nSPS) is 16.5. The Morgan fingerprint density at radius 3 is 2.68 bits per heavy atom. The summed E-state index contributed by atoms with van der Waals surface area (Å²) in [5.41, 5.74) is 0.709. The van der Waals surface area contributed by atoms with Crippen molar-refractivity contribution in [3.8, 4) is 5.75 Å². The van der Waals surface area contributed by atoms with Crippen LogP contribution in [0.1, 0.15) is 25.3 Å². The van der Waals surface area contributed by atoms with E-state index in [9.17, 15) is 9.18 Å². The molecule has 1 saturated heterocycles. The van der Waals surface area contributed by atoms with Gasteiger partial charge in [0.2, 0.25) is 5.91 Å². The number of hydrogen-bond acceptors (Lipinski definition) is 2. The van der Waals surface area contributed by atoms with E-state index < -0.39 is 0 Å². The standard InChI is InChI=1S/C15H20FNO2/c1-11(18)17-7-5-12(6-8-17)9-13-10-14(19-2)3-4-15(13)16/h3-4,10,12H,5-9H2,1-2H3. The Morgan fingerprint density at radius 1 is 1.42 bits per heavy atom. The van der Waals surface area contributed by atoms with Crippen LogP contribution >= 0.6 is 0 Å². The van der Waals surface area contributed by atoms with Crippen LogP contribution in [0.3, 0.4) is 0 Å². The Morgan fingerprint density at radius 2 is 2.11 bits per heavy atom. The molecule has 19 heavy (non-hydrogen) atoms. The molecule has 1 aliphatic rings. The van der Waals surface area contributed by atoms with Crippen LogP contribution in [-0.2, 0) is 11.2 Å². The molecule has 104 valence electrons. The summed E-state index contributed by atoms with van der Waals surface area (Å²) in [4.78, 5) is 13.1. The molecule has 0 aliphatic carbocycles. The van der Waals surface area contributed by atoms with Crippen molar-refractivity contribution < 1.29 is 13.9 Å². The molecular formula is C15H20FNO2. The zero-order valence-corrected chi connectivity index (χ0v) is 11.5. The largest absolute Gasteiger partial charge is 0.497 e. The highest BCUT2D eigenvalue weighted by Gasteiger charge is 2.21. The van der Waals surface area contributed by atoms with E-state index in [4.69, 9.17) is 4.74 Å². The number of nitrogens with zero attached hydrogens (tertiary/aromatic N) is 1. The fraction of sp³-hybridized carbons (Fsp3) is 0.533. The average molecular weight is 265 g/mol. The highest BCUT2D eigenvalue weighted by atomic mass is 19.1. The van der Waals surface area contributed by atoms with Crippen molar-refractivity contribution in [2.45, 2.75) is 26.2 Å². The Balaban J connectivity index is 1.97. The van der Waals surface area contributed by atoms with E-state index in [2.05, 4.69) is 0 Å². The van der Waals surface area contributed by atoms with Crippen LogP contribution in [0.2, 0.25) is 0 Å². The van der Waals surface area contributed by atoms with Crippen molar-refractivity contribution in [2.24, 2.45) is 5.92 Å². The molecule has 1 aromatic carbocycles. The van der Waals surface area contributed by atoms with E-state index in [1.165, 1.54) is 6.07 Å². The first-order valence-corrected chi connectivity index (χ1v) is 6.68. The number of carbonyl (C=O) groups excluding carboxylic acids is 1. The lowest BCUT2D eigenvalue weighted by molar-refractivity contribution is -0.130. The van der Waals surface area contributed by atoms with Gasteiger partial charge in [-0.3, -0.25) is 4.79 Å². The lowest BCUT2D eigenvalue weighted by Crippen LogP contribution is -2.37. The second kappa shape index (κ2) is 6.04. The highest BCUT2D eigenvalue weighted by molar-refractivity contribution is 5.73. The number of benzene rings is 1. The predicted molar refractivity (Wildman–Crippen MR) is 71.6 cm³/mol. The van der Waals surface area contributed by atoms with Gasteiger partial charge in [-0.15, -0.1) is 0 Å². The quantitative estimate of drug-likeness (QED) is 0.841. The molecule has 0 radical (unpaired) electrons. The van der Waals surface area contributed by atoms with Crippen LogP contribution < -0.4 is 4.74 Å². The van der Waals surface area contributed by atoms with E-state index in [1.807, 2.05) is 4.90 Å². The molecule has 0 N–H and O–H groups in total. The van der Waals surface area contributed by atoms with E-state index in [0.717, 1.165) is 32.4 Å². The summed E-state index contributed by atoms with van der Waals surface area (Å²) in [5.74, 6) is 1.09. The number of amides is 1. The van der Waals surface area contributed by atoms with Crippen LogP contribution in [-0.4, -0.2) is 31.0 Å². The molecule has 1 heterocycles. The van der Waals surface area contributed by atoms with Gasteiger partial charge < -0.3 is 9.64 Å². The van der Waals surface area contributed by atoms with Crippen molar-refractivity contribution in [3.05, 3.63) is 29.6 Å². The summed E-state index contributed by atoms with van der Waals surface area (Å²) in [6, 6.07) is 4.86. The van der Waals surface area contributed by atoms with Crippen LogP contribution in [0.25, 0.3) is 0 Å². The number of piperidine rings is 1. The summed E-state index contributed by atoms with van der Waals surface area (Å²) in [7, 11) is 1.59. The molecule has 0 spiro atoms. The molecule has 4 heteroatoms. The minimum Gasteiger partial charge on any atom is -0.497 e. The van der Waals surface area contributed by atoms with Crippen LogP contribution in [0.5, 0.6) is 5.75 Å². The zero-order valence-electron chi connectivity index (χ0n) is 11.5. The van der Waals surface area contributed by atoms with Crippen LogP contribution in [0.4, 0.5) is 4.39 Å². The molecule has 0 aromatic heterocycles. The number of halogens is 1. The summed E-state index contributed by atoms with van der Waals surface area (Å²) in [6.45, 7) is 3.17. The van der Waals surface area contributed by atoms with Gasteiger partial charge in [-0.05, 0) is 48.9 Å². The van der Waals surface area contributed by atoms with Gasteiger partial charge in [0.05, 0.1) is 7.11 Å². The fourth-order valence-corrected chi connectivity index (χ4v) is 2.60. The lowest BCUT2D eigenvalue weighted by atomic mass is 9.90. The number of likely N-dealkylation sites (tertiary alicyclic amines) is 1. The first-order valence-electron chi connectivity index (χ1n) is 6.68. The highest BCUT2D eigenvalue weighted by Crippen LogP contribution is 2.25. The molecule has 1 aromatic rings. The first-order chi connectivity index (χ1) is 9.10. The van der Waals surface area contributed by atoms with Gasteiger partial charge in [-0.25, -0.2) is 4.39 Å². The molecule has 3 nitrogen and oxygen atoms in total. The minimum absolute atomic E-state index is 0.131. The second-order valence-corrected chi connectivity index (χ2v) is 5.11. The van der Waals surface area contributed by atoms with Gasteiger partial charge in [0.1, 0.15) is 11.6 Å². The van der Waals surface area contributed by atoms with Crippen LogP contribution in [0.15, 0.2) is 18.2 Å². The topological polar surface area (TPSA) is 29.5 Å². The SMILES string of the molecule is COc1ccc(F)c(CC2CCN(C(C)=O)CC2)c1. The van der Waals surface area contributed by atoms with Gasteiger partial charge in [0, 0.05) is 20.0 Å². The maximum absolute atomic E-state index is 13.7. The lowest BCUT2D eigenvalue weighted by Gasteiger charge is -2.31. The molecular weight excluding hydrogens is 245 g/mol. The van der Waals surface area contributed by atoms with Crippen LogP contribution in [0, 0.1) is 11.7 Å². The minimum atomic E-state index is -0.171. The Kier molecular flexibility index (Phi) is 4.40. The molecule has 0 unspecified atom stereocenters. The molecule has 0 atom stereocenters. The molecule has 0 bridgehead atoms. The Labute approximate surface area is 113 Å². The summed E-state index contributed by atoms with van der Waals surface area (Å²) < 4.78 is 18.9. The number of ether oxygens (including phenoxy) is 1. The predicted octanol–water partition coefficient (Wildman–Crippen LogP) is 2.64. The summed E-state index contributed by atoms with van der Waals surface area (Å²) in [5, 5.41) is 0. The third-order valence-corrected chi connectivity index (χ3v) is 3.82. The van der Waals surface area contributed by atoms with E-state index in [-0.39, 0.29) is 11.7 Å². The fourth-order valence-electron chi connectivity index (χ4n) is 2.60. The summed E-state index contributed by atoms with van der Waals surface area (Å²) >= 11 is 0. The van der Waals surface area contributed by atoms with Gasteiger partial charge >= 0.3 is 0 Å². The van der Waals surface area contributed by atoms with Crippen molar-refractivity contribution in [1.29, 1.82) is 0 Å². The maximum atomic E-state index is 13.7. The number of methoxy groups -OCH3 is 1. The molecule has 0 saturated carbocycles. The van der Waals surface area contributed by atoms with Gasteiger partial charge in [0.25, 0.3) is 0 Å². The van der Waals surface area contributed by atoms with Gasteiger partial charge in [-0.1, -0.05) is 0 Å². The third-order valence-electron chi connectivity index (χ3n) is 3.82. The van der Waals surface area contributed by atoms with E-state index >= 15 is 0 Å². The van der Waals surface area contributed by atoms with Crippen molar-refractivity contribution in [2.75, 3.05) is 20.2 Å². The molecule has 1 amide bonds. The summed E-state index contributed by atoms with van der Waals surface area (Å²) in [6.07, 6.45) is 2.60. The molecule has 1 fully saturated rings. The van der Waals surface area contributed by atoms with Crippen molar-refractivity contribution in [3.63, 3.8) is 0 Å². The maximum Gasteiger partial charge on any atom is 0.219 e.